The number of aryl methyl sites for hydroxylation is 1. The van der Waals surface area contributed by atoms with Gasteiger partial charge in [0.2, 0.25) is 0 Å². The summed E-state index contributed by atoms with van der Waals surface area (Å²) >= 11 is 0. The Labute approximate surface area is 127 Å². The first-order chi connectivity index (χ1) is 10.3. The van der Waals surface area contributed by atoms with Crippen LogP contribution < -0.4 is 10.4 Å². The molecule has 102 valence electrons. The Bertz CT molecular complexity index is 790. The third-order valence-electron chi connectivity index (χ3n) is 4.59. The van der Waals surface area contributed by atoms with E-state index in [1.54, 1.807) is 10.4 Å². The molecule has 0 aromatic heterocycles. The van der Waals surface area contributed by atoms with E-state index in [0.717, 1.165) is 0 Å². The molecule has 3 aromatic carbocycles. The standard InChI is InChI=1S/C20H18Si/c1-15-8-7-9-16-14-21(17-10-3-2-4-11-17)19-13-6-5-12-18(19)20(15)16/h2-13,21H,14H2,1H3/t21-/m1/s1. The van der Waals surface area contributed by atoms with Gasteiger partial charge in [-0.3, -0.25) is 0 Å². The summed E-state index contributed by atoms with van der Waals surface area (Å²) in [6.07, 6.45) is 0. The van der Waals surface area contributed by atoms with Crippen LogP contribution in [0.1, 0.15) is 11.1 Å². The van der Waals surface area contributed by atoms with Gasteiger partial charge in [-0.1, -0.05) is 78.0 Å². The van der Waals surface area contributed by atoms with Gasteiger partial charge in [0.05, 0.1) is 0 Å². The summed E-state index contributed by atoms with van der Waals surface area (Å²) in [4.78, 5) is 0. The van der Waals surface area contributed by atoms with Crippen molar-refractivity contribution in [3.63, 3.8) is 0 Å². The second kappa shape index (κ2) is 5.01. The minimum atomic E-state index is -1.14. The third-order valence-corrected chi connectivity index (χ3v) is 7.88. The average Bonchev–Trinajstić information content (AvgIpc) is 2.55. The molecule has 0 spiro atoms. The molecule has 0 radical (unpaired) electrons. The van der Waals surface area contributed by atoms with Crippen LogP contribution in [-0.4, -0.2) is 8.80 Å². The van der Waals surface area contributed by atoms with Crippen LogP contribution in [0.2, 0.25) is 0 Å². The lowest BCUT2D eigenvalue weighted by atomic mass is 9.95. The Morgan fingerprint density at radius 3 is 2.38 bits per heavy atom. The van der Waals surface area contributed by atoms with E-state index in [2.05, 4.69) is 79.7 Å². The first kappa shape index (κ1) is 12.6. The van der Waals surface area contributed by atoms with E-state index in [1.165, 1.54) is 28.3 Å². The van der Waals surface area contributed by atoms with E-state index in [4.69, 9.17) is 0 Å². The van der Waals surface area contributed by atoms with Crippen molar-refractivity contribution < 1.29 is 0 Å². The highest BCUT2D eigenvalue weighted by Gasteiger charge is 2.27. The van der Waals surface area contributed by atoms with Crippen molar-refractivity contribution in [3.05, 3.63) is 83.9 Å². The van der Waals surface area contributed by atoms with Crippen LogP contribution in [0.25, 0.3) is 11.1 Å². The van der Waals surface area contributed by atoms with Crippen LogP contribution >= 0.6 is 0 Å². The molecule has 21 heavy (non-hydrogen) atoms. The molecule has 0 N–H and O–H groups in total. The van der Waals surface area contributed by atoms with E-state index < -0.39 is 8.80 Å². The summed E-state index contributed by atoms with van der Waals surface area (Å²) in [5, 5.41) is 3.16. The SMILES string of the molecule is Cc1cccc2c1-c1ccccc1[Si@@H](c1ccccc1)C2. The van der Waals surface area contributed by atoms with E-state index in [9.17, 15) is 0 Å². The predicted molar refractivity (Wildman–Crippen MR) is 93.2 cm³/mol. The molecular formula is C20H18Si. The van der Waals surface area contributed by atoms with Crippen molar-refractivity contribution >= 4 is 19.2 Å². The second-order valence-electron chi connectivity index (χ2n) is 5.86. The number of fused-ring (bicyclic) bond motifs is 3. The summed E-state index contributed by atoms with van der Waals surface area (Å²) in [6.45, 7) is 2.24. The highest BCUT2D eigenvalue weighted by Crippen LogP contribution is 2.31. The van der Waals surface area contributed by atoms with E-state index in [1.807, 2.05) is 0 Å². The predicted octanol–water partition coefficient (Wildman–Crippen LogP) is 3.10. The Kier molecular flexibility index (Phi) is 3.01. The van der Waals surface area contributed by atoms with E-state index in [-0.39, 0.29) is 0 Å². The van der Waals surface area contributed by atoms with Crippen LogP contribution in [0.4, 0.5) is 0 Å². The van der Waals surface area contributed by atoms with Crippen LogP contribution in [0.15, 0.2) is 72.8 Å². The van der Waals surface area contributed by atoms with Crippen molar-refractivity contribution in [1.82, 2.24) is 0 Å². The zero-order chi connectivity index (χ0) is 14.2. The van der Waals surface area contributed by atoms with Gasteiger partial charge in [-0.25, -0.2) is 0 Å². The summed E-state index contributed by atoms with van der Waals surface area (Å²) < 4.78 is 0. The largest absolute Gasteiger partial charge is 0.108 e. The number of hydrogen-bond acceptors (Lipinski definition) is 0. The summed E-state index contributed by atoms with van der Waals surface area (Å²) in [6, 6.07) is 28.1. The molecule has 1 heterocycles. The number of rotatable bonds is 1. The van der Waals surface area contributed by atoms with E-state index >= 15 is 0 Å². The first-order valence-corrected chi connectivity index (χ1v) is 9.54. The van der Waals surface area contributed by atoms with Gasteiger partial charge in [0.1, 0.15) is 8.80 Å². The van der Waals surface area contributed by atoms with Gasteiger partial charge in [-0.05, 0) is 40.4 Å². The van der Waals surface area contributed by atoms with E-state index in [0.29, 0.717) is 0 Å². The van der Waals surface area contributed by atoms with Crippen LogP contribution in [-0.2, 0) is 6.04 Å². The highest BCUT2D eigenvalue weighted by atomic mass is 28.3. The lowest BCUT2D eigenvalue weighted by molar-refractivity contribution is 1.31. The first-order valence-electron chi connectivity index (χ1n) is 7.57. The van der Waals surface area contributed by atoms with Gasteiger partial charge in [0.15, 0.2) is 0 Å². The topological polar surface area (TPSA) is 0 Å². The maximum absolute atomic E-state index is 2.36. The lowest BCUT2D eigenvalue weighted by Crippen LogP contribution is -2.47. The van der Waals surface area contributed by atoms with Crippen molar-refractivity contribution in [3.8, 4) is 11.1 Å². The fraction of sp³-hybridized carbons (Fsp3) is 0.100. The monoisotopic (exact) mass is 286 g/mol. The molecule has 0 aliphatic carbocycles. The minimum Gasteiger partial charge on any atom is -0.0629 e. The molecule has 0 saturated carbocycles. The molecule has 4 rings (SSSR count). The van der Waals surface area contributed by atoms with Gasteiger partial charge >= 0.3 is 0 Å². The average molecular weight is 286 g/mol. The van der Waals surface area contributed by atoms with Crippen LogP contribution in [0.5, 0.6) is 0 Å². The van der Waals surface area contributed by atoms with Crippen molar-refractivity contribution in [1.29, 1.82) is 0 Å². The summed E-state index contributed by atoms with van der Waals surface area (Å²) in [5.74, 6) is 0. The molecule has 0 bridgehead atoms. The van der Waals surface area contributed by atoms with Gasteiger partial charge in [0.25, 0.3) is 0 Å². The zero-order valence-electron chi connectivity index (χ0n) is 12.2. The molecule has 0 saturated heterocycles. The fourth-order valence-corrected chi connectivity index (χ4v) is 6.87. The molecule has 1 atom stereocenters. The molecule has 0 nitrogen and oxygen atoms in total. The zero-order valence-corrected chi connectivity index (χ0v) is 13.4. The van der Waals surface area contributed by atoms with Crippen LogP contribution in [0, 0.1) is 6.92 Å². The van der Waals surface area contributed by atoms with Gasteiger partial charge < -0.3 is 0 Å². The normalized spacial score (nSPS) is 16.1. The second-order valence-corrected chi connectivity index (χ2v) is 8.67. The molecule has 1 heteroatoms. The Balaban J connectivity index is 1.96. The molecule has 0 unspecified atom stereocenters. The van der Waals surface area contributed by atoms with Crippen molar-refractivity contribution in [2.24, 2.45) is 0 Å². The fourth-order valence-electron chi connectivity index (χ4n) is 3.63. The molecule has 0 fully saturated rings. The molecule has 1 aliphatic heterocycles. The Morgan fingerprint density at radius 2 is 1.52 bits per heavy atom. The van der Waals surface area contributed by atoms with Crippen molar-refractivity contribution in [2.45, 2.75) is 13.0 Å². The minimum absolute atomic E-state index is 1.14. The van der Waals surface area contributed by atoms with Gasteiger partial charge in [-0.15, -0.1) is 0 Å². The Morgan fingerprint density at radius 1 is 0.762 bits per heavy atom. The summed E-state index contributed by atoms with van der Waals surface area (Å²) in [5.41, 5.74) is 5.89. The quantitative estimate of drug-likeness (QED) is 0.603. The van der Waals surface area contributed by atoms with Gasteiger partial charge in [-0.2, -0.15) is 0 Å². The molecular weight excluding hydrogens is 268 g/mol. The molecule has 0 amide bonds. The van der Waals surface area contributed by atoms with Gasteiger partial charge in [0, 0.05) is 0 Å². The maximum atomic E-state index is 2.36. The third kappa shape index (κ3) is 2.05. The molecule has 1 aliphatic rings. The number of benzene rings is 3. The number of hydrogen-bond donors (Lipinski definition) is 0. The summed E-state index contributed by atoms with van der Waals surface area (Å²) in [7, 11) is -1.14. The highest BCUT2D eigenvalue weighted by molar-refractivity contribution is 6.86. The lowest BCUT2D eigenvalue weighted by Gasteiger charge is -2.28. The van der Waals surface area contributed by atoms with Crippen LogP contribution in [0.3, 0.4) is 0 Å². The Hall–Kier alpha value is -2.12. The molecule has 3 aromatic rings. The smallest absolute Gasteiger partial charge is 0.0629 e. The van der Waals surface area contributed by atoms with Crippen molar-refractivity contribution in [2.75, 3.05) is 0 Å². The maximum Gasteiger partial charge on any atom is 0.108 e.